The smallest absolute Gasteiger partial charge is 0.304 e. The molecule has 0 aromatic rings. The van der Waals surface area contributed by atoms with E-state index in [4.69, 9.17) is 4.74 Å². The summed E-state index contributed by atoms with van der Waals surface area (Å²) < 4.78 is 5.48. The van der Waals surface area contributed by atoms with Crippen LogP contribution in [0.3, 0.4) is 0 Å². The lowest BCUT2D eigenvalue weighted by molar-refractivity contribution is -0.767. The number of carbonyl (C=O) groups is 2. The molecule has 0 saturated heterocycles. The number of hydrogen-bond donors (Lipinski definition) is 1. The van der Waals surface area contributed by atoms with Gasteiger partial charge >= 0.3 is 5.97 Å². The fourth-order valence-electron chi connectivity index (χ4n) is 2.27. The van der Waals surface area contributed by atoms with Crippen molar-refractivity contribution in [1.29, 1.82) is 0 Å². The van der Waals surface area contributed by atoms with Crippen molar-refractivity contribution in [3.05, 3.63) is 10.1 Å². The third-order valence-corrected chi connectivity index (χ3v) is 3.70. The van der Waals surface area contributed by atoms with E-state index in [0.717, 1.165) is 0 Å². The van der Waals surface area contributed by atoms with Crippen LogP contribution in [0.5, 0.6) is 0 Å². The van der Waals surface area contributed by atoms with Crippen molar-refractivity contribution in [1.82, 2.24) is 10.4 Å². The van der Waals surface area contributed by atoms with Crippen molar-refractivity contribution >= 4 is 11.8 Å². The van der Waals surface area contributed by atoms with Crippen LogP contribution in [-0.4, -0.2) is 46.8 Å². The summed E-state index contributed by atoms with van der Waals surface area (Å²) >= 11 is 0. The van der Waals surface area contributed by atoms with Crippen LogP contribution in [0.4, 0.5) is 0 Å². The molecule has 2 atom stereocenters. The van der Waals surface area contributed by atoms with Crippen molar-refractivity contribution in [2.24, 2.45) is 5.92 Å². The largest absolute Gasteiger partial charge is 0.443 e. The van der Waals surface area contributed by atoms with Crippen LogP contribution in [0.1, 0.15) is 54.4 Å². The Morgan fingerprint density at radius 1 is 1.33 bits per heavy atom. The Labute approximate surface area is 142 Å². The highest BCUT2D eigenvalue weighted by Crippen LogP contribution is 2.25. The predicted molar refractivity (Wildman–Crippen MR) is 87.2 cm³/mol. The molecule has 0 spiro atoms. The lowest BCUT2D eigenvalue weighted by atomic mass is 10.00. The molecule has 0 heterocycles. The summed E-state index contributed by atoms with van der Waals surface area (Å²) in [4.78, 5) is 38.0. The van der Waals surface area contributed by atoms with Crippen LogP contribution < -0.4 is 5.43 Å². The summed E-state index contributed by atoms with van der Waals surface area (Å²) in [6.45, 7) is 11.2. The van der Waals surface area contributed by atoms with Gasteiger partial charge in [-0.15, -0.1) is 10.1 Å². The second-order valence-electron chi connectivity index (χ2n) is 6.10. The predicted octanol–water partition coefficient (Wildman–Crippen LogP) is 1.69. The van der Waals surface area contributed by atoms with Gasteiger partial charge in [0.05, 0.1) is 0 Å². The Morgan fingerprint density at radius 3 is 2.33 bits per heavy atom. The van der Waals surface area contributed by atoms with Crippen LogP contribution in [0.15, 0.2) is 0 Å². The molecule has 0 aliphatic carbocycles. The van der Waals surface area contributed by atoms with Crippen molar-refractivity contribution in [2.45, 2.75) is 66.2 Å². The first-order valence-corrected chi connectivity index (χ1v) is 8.06. The molecular formula is C15H29N3O6. The molecule has 24 heavy (non-hydrogen) atoms. The van der Waals surface area contributed by atoms with Gasteiger partial charge in [0.2, 0.25) is 0 Å². The van der Waals surface area contributed by atoms with Crippen LogP contribution in [-0.2, 0) is 19.2 Å². The SMILES string of the molecule is CCNN(CCC(=O)CC(C)O[N+](=O)[O-])C(C)(OC(C)=O)C(C)C. The van der Waals surface area contributed by atoms with Crippen molar-refractivity contribution in [2.75, 3.05) is 13.1 Å². The quantitative estimate of drug-likeness (QED) is 0.246. The minimum atomic E-state index is -0.912. The molecule has 0 amide bonds. The van der Waals surface area contributed by atoms with Gasteiger partial charge in [-0.1, -0.05) is 20.8 Å². The Hall–Kier alpha value is -1.74. The number of hydrazine groups is 1. The van der Waals surface area contributed by atoms with Crippen LogP contribution in [0, 0.1) is 16.0 Å². The molecule has 140 valence electrons. The van der Waals surface area contributed by atoms with Crippen LogP contribution >= 0.6 is 0 Å². The van der Waals surface area contributed by atoms with Crippen molar-refractivity contribution < 1.29 is 24.3 Å². The average molecular weight is 347 g/mol. The summed E-state index contributed by atoms with van der Waals surface area (Å²) in [6, 6.07) is 0. The number of hydrogen-bond acceptors (Lipinski definition) is 8. The number of esters is 1. The molecular weight excluding hydrogens is 318 g/mol. The third-order valence-electron chi connectivity index (χ3n) is 3.70. The zero-order valence-corrected chi connectivity index (χ0v) is 15.3. The molecule has 0 rings (SSSR count). The number of nitrogens with one attached hydrogen (secondary N) is 1. The maximum absolute atomic E-state index is 12.0. The molecule has 0 radical (unpaired) electrons. The fraction of sp³-hybridized carbons (Fsp3) is 0.867. The normalized spacial score (nSPS) is 15.0. The number of Topliss-reactive ketones (excluding diaryl/α,β-unsaturated/α-hetero) is 1. The van der Waals surface area contributed by atoms with E-state index in [-0.39, 0.29) is 24.5 Å². The first-order valence-electron chi connectivity index (χ1n) is 8.06. The minimum absolute atomic E-state index is 0.0210. The van der Waals surface area contributed by atoms with E-state index in [1.54, 1.807) is 11.9 Å². The van der Waals surface area contributed by atoms with Gasteiger partial charge in [-0.05, 0) is 13.8 Å². The monoisotopic (exact) mass is 347 g/mol. The highest BCUT2D eigenvalue weighted by atomic mass is 17.0. The van der Waals surface area contributed by atoms with E-state index >= 15 is 0 Å². The van der Waals surface area contributed by atoms with Gasteiger partial charge in [0.25, 0.3) is 5.09 Å². The lowest BCUT2D eigenvalue weighted by Crippen LogP contribution is -2.59. The first kappa shape index (κ1) is 22.3. The molecule has 9 heteroatoms. The van der Waals surface area contributed by atoms with Crippen LogP contribution in [0.2, 0.25) is 0 Å². The average Bonchev–Trinajstić information content (AvgIpc) is 2.41. The summed E-state index contributed by atoms with van der Waals surface area (Å²) in [6.07, 6.45) is -0.681. The van der Waals surface area contributed by atoms with Crippen molar-refractivity contribution in [3.8, 4) is 0 Å². The standard InChI is InChI=1S/C15H29N3O6/c1-7-16-17(15(6,11(2)3)23-13(5)19)9-8-14(20)10-12(4)24-18(21)22/h11-12,16H,7-10H2,1-6H3. The summed E-state index contributed by atoms with van der Waals surface area (Å²) in [5.74, 6) is -0.595. The van der Waals surface area contributed by atoms with Crippen LogP contribution in [0.25, 0.3) is 0 Å². The van der Waals surface area contributed by atoms with Crippen molar-refractivity contribution in [3.63, 3.8) is 0 Å². The van der Waals surface area contributed by atoms with E-state index in [1.165, 1.54) is 13.8 Å². The molecule has 0 aromatic heterocycles. The first-order chi connectivity index (χ1) is 11.0. The van der Waals surface area contributed by atoms with Gasteiger partial charge in [0.1, 0.15) is 11.9 Å². The number of ketones is 1. The van der Waals surface area contributed by atoms with Gasteiger partial charge in [-0.3, -0.25) is 15.0 Å². The Morgan fingerprint density at radius 2 is 1.92 bits per heavy atom. The molecule has 0 aromatic carbocycles. The van der Waals surface area contributed by atoms with E-state index < -0.39 is 22.9 Å². The highest BCUT2D eigenvalue weighted by molar-refractivity contribution is 5.79. The molecule has 0 saturated carbocycles. The topological polar surface area (TPSA) is 111 Å². The molecule has 0 bridgehead atoms. The molecule has 1 N–H and O–H groups in total. The van der Waals surface area contributed by atoms with E-state index in [0.29, 0.717) is 13.1 Å². The molecule has 9 nitrogen and oxygen atoms in total. The Balaban J connectivity index is 4.85. The molecule has 0 aliphatic rings. The van der Waals surface area contributed by atoms with Gasteiger partial charge in [0.15, 0.2) is 5.72 Å². The second kappa shape index (κ2) is 10.2. The van der Waals surface area contributed by atoms with Gasteiger partial charge in [0, 0.05) is 38.8 Å². The zero-order chi connectivity index (χ0) is 18.9. The fourth-order valence-corrected chi connectivity index (χ4v) is 2.27. The van der Waals surface area contributed by atoms with E-state index in [1.807, 2.05) is 20.8 Å². The summed E-state index contributed by atoms with van der Waals surface area (Å²) in [5.41, 5.74) is 2.20. The molecule has 2 unspecified atom stereocenters. The summed E-state index contributed by atoms with van der Waals surface area (Å²) in [5, 5.41) is 11.1. The van der Waals surface area contributed by atoms with E-state index in [9.17, 15) is 19.7 Å². The van der Waals surface area contributed by atoms with Gasteiger partial charge in [-0.2, -0.15) is 0 Å². The lowest BCUT2D eigenvalue weighted by Gasteiger charge is -2.43. The maximum atomic E-state index is 12.0. The minimum Gasteiger partial charge on any atom is -0.443 e. The second-order valence-corrected chi connectivity index (χ2v) is 6.10. The number of nitrogens with zero attached hydrogens (tertiary/aromatic N) is 2. The summed E-state index contributed by atoms with van der Waals surface area (Å²) in [7, 11) is 0. The highest BCUT2D eigenvalue weighted by Gasteiger charge is 2.38. The number of ether oxygens (including phenoxy) is 1. The molecule has 0 fully saturated rings. The van der Waals surface area contributed by atoms with E-state index in [2.05, 4.69) is 10.3 Å². The zero-order valence-electron chi connectivity index (χ0n) is 15.3. The Kier molecular flexibility index (Phi) is 9.45. The Bertz CT molecular complexity index is 443. The number of rotatable bonds is 12. The molecule has 0 aliphatic heterocycles. The van der Waals surface area contributed by atoms with Gasteiger partial charge < -0.3 is 9.57 Å². The van der Waals surface area contributed by atoms with Gasteiger partial charge in [-0.25, -0.2) is 5.01 Å². The maximum Gasteiger partial charge on any atom is 0.304 e. The third kappa shape index (κ3) is 7.69. The number of carbonyl (C=O) groups excluding carboxylic acids is 2.